The van der Waals surface area contributed by atoms with Gasteiger partial charge in [0.15, 0.2) is 0 Å². The predicted octanol–water partition coefficient (Wildman–Crippen LogP) is 3.43. The monoisotopic (exact) mass is 384 g/mol. The number of aliphatic hydroxyl groups excluding tert-OH is 1. The van der Waals surface area contributed by atoms with Crippen LogP contribution in [0, 0.1) is 27.7 Å². The van der Waals surface area contributed by atoms with Gasteiger partial charge in [-0.3, -0.25) is 0 Å². The molecule has 3 aromatic rings. The Balaban J connectivity index is 1.61. The van der Waals surface area contributed by atoms with Crippen LogP contribution >= 0.6 is 11.8 Å². The van der Waals surface area contributed by atoms with Crippen LogP contribution in [0.15, 0.2) is 41.6 Å². The predicted molar refractivity (Wildman–Crippen MR) is 107 cm³/mol. The van der Waals surface area contributed by atoms with Gasteiger partial charge in [-0.1, -0.05) is 42.1 Å². The summed E-state index contributed by atoms with van der Waals surface area (Å²) in [6.45, 7) is 8.35. The van der Waals surface area contributed by atoms with E-state index >= 15 is 0 Å². The van der Waals surface area contributed by atoms with Crippen molar-refractivity contribution in [3.8, 4) is 11.4 Å². The summed E-state index contributed by atoms with van der Waals surface area (Å²) < 4.78 is 7.59. The first-order valence-electron chi connectivity index (χ1n) is 8.82. The van der Waals surface area contributed by atoms with Crippen molar-refractivity contribution in [1.82, 2.24) is 20.2 Å². The molecule has 0 unspecified atom stereocenters. The fourth-order valence-corrected chi connectivity index (χ4v) is 3.56. The fourth-order valence-electron chi connectivity index (χ4n) is 2.77. The Labute approximate surface area is 163 Å². The minimum Gasteiger partial charge on any atom is -0.490 e. The van der Waals surface area contributed by atoms with E-state index in [-0.39, 0.29) is 6.61 Å². The van der Waals surface area contributed by atoms with Crippen molar-refractivity contribution in [1.29, 1.82) is 0 Å². The van der Waals surface area contributed by atoms with Crippen molar-refractivity contribution in [2.24, 2.45) is 0 Å². The van der Waals surface area contributed by atoms with Gasteiger partial charge in [-0.25, -0.2) is 0 Å². The molecule has 0 bridgehead atoms. The van der Waals surface area contributed by atoms with E-state index in [9.17, 15) is 5.11 Å². The highest BCUT2D eigenvalue weighted by Crippen LogP contribution is 2.26. The molecular weight excluding hydrogens is 360 g/mol. The van der Waals surface area contributed by atoms with Crippen molar-refractivity contribution < 1.29 is 9.84 Å². The zero-order chi connectivity index (χ0) is 19.4. The second-order valence-electron chi connectivity index (χ2n) is 6.59. The molecule has 7 heteroatoms. The third-order valence-electron chi connectivity index (χ3n) is 4.48. The summed E-state index contributed by atoms with van der Waals surface area (Å²) in [5, 5.41) is 22.9. The molecule has 1 aromatic heterocycles. The van der Waals surface area contributed by atoms with E-state index in [1.54, 1.807) is 4.68 Å². The first-order chi connectivity index (χ1) is 13.0. The van der Waals surface area contributed by atoms with E-state index in [2.05, 4.69) is 28.5 Å². The van der Waals surface area contributed by atoms with Crippen LogP contribution in [0.3, 0.4) is 0 Å². The van der Waals surface area contributed by atoms with Crippen LogP contribution in [0.2, 0.25) is 0 Å². The SMILES string of the molecule is Cc1ccccc1-n1nnnc1SC[C@@H](O)COc1c(C)ccc(C)c1C. The van der Waals surface area contributed by atoms with E-state index in [0.717, 1.165) is 28.1 Å². The number of rotatable bonds is 7. The van der Waals surface area contributed by atoms with E-state index < -0.39 is 6.10 Å². The van der Waals surface area contributed by atoms with Crippen molar-refractivity contribution in [3.63, 3.8) is 0 Å². The van der Waals surface area contributed by atoms with Gasteiger partial charge >= 0.3 is 0 Å². The average molecular weight is 385 g/mol. The minimum atomic E-state index is -0.628. The lowest BCUT2D eigenvalue weighted by Crippen LogP contribution is -2.21. The Hall–Kier alpha value is -2.38. The molecule has 27 heavy (non-hydrogen) atoms. The molecule has 1 atom stereocenters. The maximum Gasteiger partial charge on any atom is 0.214 e. The Morgan fingerprint density at radius 1 is 1.04 bits per heavy atom. The molecule has 3 rings (SSSR count). The molecule has 0 aliphatic rings. The molecule has 0 aliphatic carbocycles. The zero-order valence-electron chi connectivity index (χ0n) is 16.0. The highest BCUT2D eigenvalue weighted by molar-refractivity contribution is 7.99. The summed E-state index contributed by atoms with van der Waals surface area (Å²) in [4.78, 5) is 0. The Morgan fingerprint density at radius 2 is 1.78 bits per heavy atom. The highest BCUT2D eigenvalue weighted by Gasteiger charge is 2.15. The maximum atomic E-state index is 10.4. The first-order valence-corrected chi connectivity index (χ1v) is 9.80. The van der Waals surface area contributed by atoms with E-state index in [0.29, 0.717) is 10.9 Å². The number of nitrogens with zero attached hydrogens (tertiary/aromatic N) is 4. The van der Waals surface area contributed by atoms with Crippen LogP contribution in [0.5, 0.6) is 5.75 Å². The number of benzene rings is 2. The Kier molecular flexibility index (Phi) is 6.13. The fraction of sp³-hybridized carbons (Fsp3) is 0.350. The van der Waals surface area contributed by atoms with E-state index in [1.165, 1.54) is 17.3 Å². The number of thioether (sulfide) groups is 1. The molecule has 0 aliphatic heterocycles. The third-order valence-corrected chi connectivity index (χ3v) is 5.55. The molecule has 2 aromatic carbocycles. The molecule has 6 nitrogen and oxygen atoms in total. The van der Waals surface area contributed by atoms with Gasteiger partial charge in [-0.15, -0.1) is 5.10 Å². The average Bonchev–Trinajstić information content (AvgIpc) is 3.12. The lowest BCUT2D eigenvalue weighted by Gasteiger charge is -2.16. The molecule has 0 saturated heterocycles. The molecule has 0 saturated carbocycles. The minimum absolute atomic E-state index is 0.226. The van der Waals surface area contributed by atoms with Crippen molar-refractivity contribution >= 4 is 11.8 Å². The van der Waals surface area contributed by atoms with Gasteiger partial charge in [0.25, 0.3) is 0 Å². The summed E-state index contributed by atoms with van der Waals surface area (Å²) in [7, 11) is 0. The first kappa shape index (κ1) is 19.4. The van der Waals surface area contributed by atoms with Crippen LogP contribution in [-0.2, 0) is 0 Å². The van der Waals surface area contributed by atoms with E-state index in [4.69, 9.17) is 4.74 Å². The second kappa shape index (κ2) is 8.54. The number of hydrogen-bond donors (Lipinski definition) is 1. The molecule has 1 N–H and O–H groups in total. The second-order valence-corrected chi connectivity index (χ2v) is 7.58. The van der Waals surface area contributed by atoms with Gasteiger partial charge in [0.1, 0.15) is 12.4 Å². The summed E-state index contributed by atoms with van der Waals surface area (Å²) in [6.07, 6.45) is -0.628. The summed E-state index contributed by atoms with van der Waals surface area (Å²) in [5.41, 5.74) is 5.37. The molecule has 1 heterocycles. The number of aromatic nitrogens is 4. The van der Waals surface area contributed by atoms with E-state index in [1.807, 2.05) is 51.1 Å². The molecule has 0 amide bonds. The van der Waals surface area contributed by atoms with Crippen molar-refractivity contribution in [2.45, 2.75) is 39.0 Å². The van der Waals surface area contributed by atoms with Gasteiger partial charge in [0, 0.05) is 5.75 Å². The maximum absolute atomic E-state index is 10.4. The number of aliphatic hydroxyl groups is 1. The largest absolute Gasteiger partial charge is 0.490 e. The Bertz CT molecular complexity index is 926. The van der Waals surface area contributed by atoms with Gasteiger partial charge in [0.2, 0.25) is 5.16 Å². The molecule has 142 valence electrons. The summed E-state index contributed by atoms with van der Waals surface area (Å²) in [5.74, 6) is 1.29. The van der Waals surface area contributed by atoms with Gasteiger partial charge in [-0.05, 0) is 66.4 Å². The number of para-hydroxylation sites is 1. The number of hydrogen-bond acceptors (Lipinski definition) is 6. The highest BCUT2D eigenvalue weighted by atomic mass is 32.2. The van der Waals surface area contributed by atoms with Crippen molar-refractivity contribution in [3.05, 3.63) is 58.7 Å². The standard InChI is InChI=1S/C20H24N4O2S/c1-13-9-10-15(3)19(16(13)4)26-11-17(25)12-27-20-21-22-23-24(20)18-8-6-5-7-14(18)2/h5-10,17,25H,11-12H2,1-4H3/t17-/m0/s1. The smallest absolute Gasteiger partial charge is 0.214 e. The van der Waals surface area contributed by atoms with Gasteiger partial charge in [-0.2, -0.15) is 4.68 Å². The van der Waals surface area contributed by atoms with Crippen LogP contribution in [0.25, 0.3) is 5.69 Å². The van der Waals surface area contributed by atoms with Crippen LogP contribution in [0.4, 0.5) is 0 Å². The lowest BCUT2D eigenvalue weighted by molar-refractivity contribution is 0.125. The molecular formula is C20H24N4O2S. The van der Waals surface area contributed by atoms with Crippen molar-refractivity contribution in [2.75, 3.05) is 12.4 Å². The van der Waals surface area contributed by atoms with Crippen LogP contribution in [0.1, 0.15) is 22.3 Å². The van der Waals surface area contributed by atoms with Gasteiger partial charge in [0.05, 0.1) is 11.8 Å². The zero-order valence-corrected chi connectivity index (χ0v) is 16.8. The number of ether oxygens (including phenoxy) is 1. The number of tetrazole rings is 1. The normalized spacial score (nSPS) is 12.2. The van der Waals surface area contributed by atoms with Gasteiger partial charge < -0.3 is 9.84 Å². The summed E-state index contributed by atoms with van der Waals surface area (Å²) >= 11 is 1.41. The lowest BCUT2D eigenvalue weighted by atomic mass is 10.1. The summed E-state index contributed by atoms with van der Waals surface area (Å²) in [6, 6.07) is 12.0. The third kappa shape index (κ3) is 4.48. The Morgan fingerprint density at radius 3 is 2.56 bits per heavy atom. The molecule has 0 fully saturated rings. The van der Waals surface area contributed by atoms with Crippen LogP contribution < -0.4 is 4.74 Å². The van der Waals surface area contributed by atoms with Crippen LogP contribution in [-0.4, -0.2) is 43.8 Å². The molecule has 0 spiro atoms. The topological polar surface area (TPSA) is 73.1 Å². The number of aryl methyl sites for hydroxylation is 3. The quantitative estimate of drug-likeness (QED) is 0.629. The molecule has 0 radical (unpaired) electrons.